The maximum Gasteiger partial charge on any atom is 0.244 e. The molecule has 1 amide bonds. The second-order valence-electron chi connectivity index (χ2n) is 5.95. The molecule has 1 heterocycles. The van der Waals surface area contributed by atoms with E-state index in [1.54, 1.807) is 36.0 Å². The Hall–Kier alpha value is -2.18. The van der Waals surface area contributed by atoms with Gasteiger partial charge in [-0.15, -0.1) is 11.8 Å². The number of methoxy groups -OCH3 is 2. The zero-order valence-corrected chi connectivity index (χ0v) is 16.5. The minimum absolute atomic E-state index is 0.205. The van der Waals surface area contributed by atoms with Gasteiger partial charge in [0.25, 0.3) is 0 Å². The fraction of sp³-hybridized carbons (Fsp3) is 0.250. The van der Waals surface area contributed by atoms with E-state index in [2.05, 4.69) is 5.32 Å². The molecule has 3 rings (SSSR count). The predicted molar refractivity (Wildman–Crippen MR) is 106 cm³/mol. The Balaban J connectivity index is 1.74. The Morgan fingerprint density at radius 2 is 2.11 bits per heavy atom. The van der Waals surface area contributed by atoms with Crippen LogP contribution in [0.5, 0.6) is 11.5 Å². The van der Waals surface area contributed by atoms with Crippen molar-refractivity contribution in [3.8, 4) is 11.5 Å². The molecule has 0 aliphatic carbocycles. The van der Waals surface area contributed by atoms with Crippen LogP contribution in [0.4, 0.5) is 4.39 Å². The van der Waals surface area contributed by atoms with Crippen LogP contribution in [0.2, 0.25) is 5.02 Å². The molecule has 0 aromatic heterocycles. The second kappa shape index (κ2) is 8.67. The van der Waals surface area contributed by atoms with Crippen LogP contribution in [-0.4, -0.2) is 25.9 Å². The monoisotopic (exact) mass is 407 g/mol. The SMILES string of the molecule is COc1cc(/C=C/C(=O)NC2CCSc3ccc(F)cc32)cc(Cl)c1OC. The van der Waals surface area contributed by atoms with E-state index in [9.17, 15) is 9.18 Å². The Bertz CT molecular complexity index is 888. The number of carbonyl (C=O) groups excluding carboxylic acids is 1. The molecule has 2 aromatic carbocycles. The zero-order chi connectivity index (χ0) is 19.4. The second-order valence-corrected chi connectivity index (χ2v) is 7.50. The summed E-state index contributed by atoms with van der Waals surface area (Å²) in [4.78, 5) is 13.4. The van der Waals surface area contributed by atoms with Gasteiger partial charge < -0.3 is 14.8 Å². The van der Waals surface area contributed by atoms with E-state index in [1.165, 1.54) is 32.4 Å². The van der Waals surface area contributed by atoms with E-state index < -0.39 is 0 Å². The highest BCUT2D eigenvalue weighted by atomic mass is 35.5. The molecule has 0 spiro atoms. The number of hydrogen-bond donors (Lipinski definition) is 1. The van der Waals surface area contributed by atoms with Crippen LogP contribution in [0.15, 0.2) is 41.3 Å². The number of benzene rings is 2. The average molecular weight is 408 g/mol. The van der Waals surface area contributed by atoms with E-state index >= 15 is 0 Å². The summed E-state index contributed by atoms with van der Waals surface area (Å²) in [5.74, 6) is 1.25. The third-order valence-corrected chi connectivity index (χ3v) is 5.61. The topological polar surface area (TPSA) is 47.6 Å². The summed E-state index contributed by atoms with van der Waals surface area (Å²) < 4.78 is 24.0. The molecule has 1 unspecified atom stereocenters. The third kappa shape index (κ3) is 4.57. The minimum Gasteiger partial charge on any atom is -0.493 e. The maximum absolute atomic E-state index is 13.6. The standard InChI is InChI=1S/C20H19ClFNO3S/c1-25-17-10-12(9-15(21)20(17)26-2)3-6-19(24)23-16-7-8-27-18-5-4-13(22)11-14(16)18/h3-6,9-11,16H,7-8H2,1-2H3,(H,23,24)/b6-3+. The van der Waals surface area contributed by atoms with Crippen molar-refractivity contribution in [1.29, 1.82) is 0 Å². The number of halogens is 2. The molecule has 7 heteroatoms. The molecule has 0 radical (unpaired) electrons. The van der Waals surface area contributed by atoms with Crippen LogP contribution in [0.3, 0.4) is 0 Å². The molecule has 0 fully saturated rings. The molecule has 1 aliphatic rings. The van der Waals surface area contributed by atoms with Crippen molar-refractivity contribution >= 4 is 35.3 Å². The van der Waals surface area contributed by atoms with Crippen molar-refractivity contribution in [1.82, 2.24) is 5.32 Å². The number of hydrogen-bond acceptors (Lipinski definition) is 4. The first-order valence-corrected chi connectivity index (χ1v) is 9.70. The van der Waals surface area contributed by atoms with E-state index in [1.807, 2.05) is 0 Å². The van der Waals surface area contributed by atoms with Gasteiger partial charge in [-0.25, -0.2) is 4.39 Å². The van der Waals surface area contributed by atoms with Crippen LogP contribution >= 0.6 is 23.4 Å². The summed E-state index contributed by atoms with van der Waals surface area (Å²) in [6, 6.07) is 7.91. The maximum atomic E-state index is 13.6. The summed E-state index contributed by atoms with van der Waals surface area (Å²) in [7, 11) is 3.03. The molecular weight excluding hydrogens is 389 g/mol. The van der Waals surface area contributed by atoms with Crippen molar-refractivity contribution in [3.63, 3.8) is 0 Å². The lowest BCUT2D eigenvalue weighted by Gasteiger charge is -2.25. The first kappa shape index (κ1) is 19.6. The normalized spacial score (nSPS) is 16.1. The molecule has 1 N–H and O–H groups in total. The first-order valence-electron chi connectivity index (χ1n) is 8.34. The van der Waals surface area contributed by atoms with Gasteiger partial charge in [-0.05, 0) is 54.0 Å². The molecule has 4 nitrogen and oxygen atoms in total. The quantitative estimate of drug-likeness (QED) is 0.719. The average Bonchev–Trinajstić information content (AvgIpc) is 2.66. The van der Waals surface area contributed by atoms with Gasteiger partial charge in [0.1, 0.15) is 5.82 Å². The van der Waals surface area contributed by atoms with Crippen molar-refractivity contribution in [2.75, 3.05) is 20.0 Å². The summed E-state index contributed by atoms with van der Waals surface area (Å²) in [5, 5.41) is 3.34. The molecule has 2 aromatic rings. The van der Waals surface area contributed by atoms with E-state index in [0.717, 1.165) is 22.6 Å². The number of amides is 1. The third-order valence-electron chi connectivity index (χ3n) is 4.21. The van der Waals surface area contributed by atoms with Crippen LogP contribution in [0, 0.1) is 5.82 Å². The number of fused-ring (bicyclic) bond motifs is 1. The smallest absolute Gasteiger partial charge is 0.244 e. The summed E-state index contributed by atoms with van der Waals surface area (Å²) in [6.45, 7) is 0. The Morgan fingerprint density at radius 1 is 1.30 bits per heavy atom. The minimum atomic E-state index is -0.300. The summed E-state index contributed by atoms with van der Waals surface area (Å²) >= 11 is 7.85. The predicted octanol–water partition coefficient (Wildman–Crippen LogP) is 4.86. The fourth-order valence-corrected chi connectivity index (χ4v) is 4.34. The molecule has 0 saturated heterocycles. The van der Waals surface area contributed by atoms with Gasteiger partial charge in [-0.3, -0.25) is 4.79 Å². The molecular formula is C20H19ClFNO3S. The number of ether oxygens (including phenoxy) is 2. The lowest BCUT2D eigenvalue weighted by atomic mass is 10.0. The molecule has 0 saturated carbocycles. The first-order chi connectivity index (χ1) is 13.0. The highest BCUT2D eigenvalue weighted by molar-refractivity contribution is 7.99. The van der Waals surface area contributed by atoms with Crippen LogP contribution in [0.1, 0.15) is 23.6 Å². The molecule has 142 valence electrons. The summed E-state index contributed by atoms with van der Waals surface area (Å²) in [6.07, 6.45) is 3.83. The van der Waals surface area contributed by atoms with Crippen LogP contribution < -0.4 is 14.8 Å². The lowest BCUT2D eigenvalue weighted by molar-refractivity contribution is -0.117. The van der Waals surface area contributed by atoms with Gasteiger partial charge in [0.2, 0.25) is 5.91 Å². The van der Waals surface area contributed by atoms with Gasteiger partial charge in [0.05, 0.1) is 25.3 Å². The number of rotatable bonds is 5. The van der Waals surface area contributed by atoms with Gasteiger partial charge in [-0.1, -0.05) is 11.6 Å². The van der Waals surface area contributed by atoms with Crippen LogP contribution in [0.25, 0.3) is 6.08 Å². The Labute approximate surface area is 166 Å². The molecule has 1 aliphatic heterocycles. The molecule has 0 bridgehead atoms. The van der Waals surface area contributed by atoms with Gasteiger partial charge in [-0.2, -0.15) is 0 Å². The van der Waals surface area contributed by atoms with E-state index in [0.29, 0.717) is 22.1 Å². The van der Waals surface area contributed by atoms with Crippen molar-refractivity contribution in [3.05, 3.63) is 58.4 Å². The van der Waals surface area contributed by atoms with Crippen molar-refractivity contribution in [2.45, 2.75) is 17.4 Å². The number of nitrogens with one attached hydrogen (secondary N) is 1. The number of carbonyl (C=O) groups is 1. The van der Waals surface area contributed by atoms with Gasteiger partial charge >= 0.3 is 0 Å². The van der Waals surface area contributed by atoms with Crippen molar-refractivity contribution < 1.29 is 18.7 Å². The van der Waals surface area contributed by atoms with Crippen molar-refractivity contribution in [2.24, 2.45) is 0 Å². The Morgan fingerprint density at radius 3 is 2.85 bits per heavy atom. The summed E-state index contributed by atoms with van der Waals surface area (Å²) in [5.41, 5.74) is 1.53. The molecule has 27 heavy (non-hydrogen) atoms. The highest BCUT2D eigenvalue weighted by Gasteiger charge is 2.22. The largest absolute Gasteiger partial charge is 0.493 e. The van der Waals surface area contributed by atoms with Crippen LogP contribution in [-0.2, 0) is 4.79 Å². The lowest BCUT2D eigenvalue weighted by Crippen LogP contribution is -2.29. The van der Waals surface area contributed by atoms with E-state index in [4.69, 9.17) is 21.1 Å². The zero-order valence-electron chi connectivity index (χ0n) is 14.9. The van der Waals surface area contributed by atoms with E-state index in [-0.39, 0.29) is 17.8 Å². The highest BCUT2D eigenvalue weighted by Crippen LogP contribution is 2.37. The molecule has 1 atom stereocenters. The van der Waals surface area contributed by atoms with Gasteiger partial charge in [0.15, 0.2) is 11.5 Å². The number of thioether (sulfide) groups is 1. The van der Waals surface area contributed by atoms with Gasteiger partial charge in [0, 0.05) is 16.7 Å². The Kier molecular flexibility index (Phi) is 6.29. The fourth-order valence-electron chi connectivity index (χ4n) is 2.94.